The molecule has 4 aromatic carbocycles. The van der Waals surface area contributed by atoms with E-state index in [-0.39, 0.29) is 0 Å². The van der Waals surface area contributed by atoms with E-state index in [1.54, 1.807) is 42.5 Å². The number of carbonyl (C=O) groups excluding carboxylic acids is 2. The van der Waals surface area contributed by atoms with E-state index in [1.165, 1.54) is 7.11 Å². The molecule has 0 bridgehead atoms. The van der Waals surface area contributed by atoms with Crippen molar-refractivity contribution in [3.8, 4) is 5.75 Å². The van der Waals surface area contributed by atoms with Crippen molar-refractivity contribution in [2.75, 3.05) is 17.7 Å². The molecule has 0 unspecified atom stereocenters. The number of hydrogen-bond acceptors (Lipinski definition) is 5. The van der Waals surface area contributed by atoms with Crippen LogP contribution in [0.1, 0.15) is 38.7 Å². The number of aryl methyl sites for hydroxylation is 2. The van der Waals surface area contributed by atoms with E-state index in [1.807, 2.05) is 69.3 Å². The van der Waals surface area contributed by atoms with Gasteiger partial charge in [0.15, 0.2) is 0 Å². The van der Waals surface area contributed by atoms with Gasteiger partial charge in [-0.15, -0.1) is 0 Å². The van der Waals surface area contributed by atoms with E-state index in [0.29, 0.717) is 28.3 Å². The summed E-state index contributed by atoms with van der Waals surface area (Å²) in [4.78, 5) is 26.9. The van der Waals surface area contributed by atoms with Crippen molar-refractivity contribution in [2.24, 2.45) is 0 Å². The Morgan fingerprint density at radius 2 is 1.46 bits per heavy atom. The summed E-state index contributed by atoms with van der Waals surface area (Å²) in [6.07, 6.45) is -1.17. The number of rotatable bonds is 8. The van der Waals surface area contributed by atoms with Crippen molar-refractivity contribution >= 4 is 28.9 Å². The Hall–Kier alpha value is -4.58. The molecular weight excluding hydrogens is 464 g/mol. The van der Waals surface area contributed by atoms with Crippen LogP contribution in [0.15, 0.2) is 91.0 Å². The second-order valence-corrected chi connectivity index (χ2v) is 8.81. The number of benzene rings is 4. The second kappa shape index (κ2) is 11.4. The summed E-state index contributed by atoms with van der Waals surface area (Å²) in [5, 5.41) is 6.22. The van der Waals surface area contributed by atoms with Crippen LogP contribution in [0.4, 0.5) is 17.1 Å². The fourth-order valence-corrected chi connectivity index (χ4v) is 3.99. The van der Waals surface area contributed by atoms with E-state index in [4.69, 9.17) is 9.47 Å². The third kappa shape index (κ3) is 5.98. The van der Waals surface area contributed by atoms with Gasteiger partial charge in [0.05, 0.1) is 24.0 Å². The largest absolute Gasteiger partial charge is 0.495 e. The quantitative estimate of drug-likeness (QED) is 0.261. The first-order valence-electron chi connectivity index (χ1n) is 12.0. The van der Waals surface area contributed by atoms with Crippen LogP contribution in [-0.2, 0) is 9.53 Å². The summed E-state index contributed by atoms with van der Waals surface area (Å²) >= 11 is 0. The number of hydrogen-bond donors (Lipinski definition) is 2. The lowest BCUT2D eigenvalue weighted by Gasteiger charge is -2.20. The van der Waals surface area contributed by atoms with Crippen LogP contribution in [0.3, 0.4) is 0 Å². The van der Waals surface area contributed by atoms with Crippen molar-refractivity contribution in [1.82, 2.24) is 0 Å². The zero-order chi connectivity index (χ0) is 26.4. The van der Waals surface area contributed by atoms with Crippen LogP contribution < -0.4 is 15.4 Å². The van der Waals surface area contributed by atoms with E-state index in [9.17, 15) is 9.59 Å². The minimum atomic E-state index is -1.17. The maximum Gasteiger partial charge on any atom is 0.341 e. The average molecular weight is 495 g/mol. The van der Waals surface area contributed by atoms with Crippen LogP contribution in [0.2, 0.25) is 0 Å². The Morgan fingerprint density at radius 3 is 2.22 bits per heavy atom. The Balaban J connectivity index is 1.63. The highest BCUT2D eigenvalue weighted by Crippen LogP contribution is 2.30. The lowest BCUT2D eigenvalue weighted by atomic mass is 10.1. The monoisotopic (exact) mass is 494 g/mol. The summed E-state index contributed by atoms with van der Waals surface area (Å²) < 4.78 is 11.3. The highest BCUT2D eigenvalue weighted by molar-refractivity contribution is 6.01. The molecule has 0 heterocycles. The predicted molar refractivity (Wildman–Crippen MR) is 147 cm³/mol. The molecule has 37 heavy (non-hydrogen) atoms. The minimum absolute atomic E-state index is 0.324. The average Bonchev–Trinajstić information content (AvgIpc) is 2.90. The van der Waals surface area contributed by atoms with Gasteiger partial charge in [-0.2, -0.15) is 0 Å². The molecule has 4 aromatic rings. The SMILES string of the molecule is COc1ccc(C)cc1NC(=O)[C@H](OC(=O)c1ccccc1Nc1cccc(C)c1C)c1ccccc1. The Kier molecular flexibility index (Phi) is 7.89. The van der Waals surface area contributed by atoms with E-state index in [0.717, 1.165) is 22.4 Å². The van der Waals surface area contributed by atoms with Gasteiger partial charge < -0.3 is 20.1 Å². The number of para-hydroxylation sites is 1. The molecule has 1 atom stereocenters. The molecule has 0 aliphatic heterocycles. The molecule has 0 fully saturated rings. The molecule has 1 amide bonds. The van der Waals surface area contributed by atoms with Gasteiger partial charge in [0, 0.05) is 11.3 Å². The molecule has 2 N–H and O–H groups in total. The number of carbonyl (C=O) groups is 2. The highest BCUT2D eigenvalue weighted by Gasteiger charge is 2.27. The molecule has 0 saturated heterocycles. The van der Waals surface area contributed by atoms with Crippen molar-refractivity contribution in [3.63, 3.8) is 0 Å². The number of methoxy groups -OCH3 is 1. The summed E-state index contributed by atoms with van der Waals surface area (Å²) in [6.45, 7) is 5.98. The number of anilines is 3. The fourth-order valence-electron chi connectivity index (χ4n) is 3.99. The molecule has 0 spiro atoms. The zero-order valence-electron chi connectivity index (χ0n) is 21.4. The number of esters is 1. The lowest BCUT2D eigenvalue weighted by Crippen LogP contribution is -2.26. The molecular formula is C31H30N2O4. The van der Waals surface area contributed by atoms with Crippen molar-refractivity contribution in [3.05, 3.63) is 119 Å². The predicted octanol–water partition coefficient (Wildman–Crippen LogP) is 6.90. The van der Waals surface area contributed by atoms with Gasteiger partial charge in [0.25, 0.3) is 5.91 Å². The molecule has 6 nitrogen and oxygen atoms in total. The first-order valence-corrected chi connectivity index (χ1v) is 12.0. The molecule has 4 rings (SSSR count). The third-order valence-corrected chi connectivity index (χ3v) is 6.20. The van der Waals surface area contributed by atoms with E-state index < -0.39 is 18.0 Å². The molecule has 0 aliphatic rings. The molecule has 0 aromatic heterocycles. The van der Waals surface area contributed by atoms with Gasteiger partial charge in [-0.3, -0.25) is 4.79 Å². The van der Waals surface area contributed by atoms with Gasteiger partial charge in [-0.25, -0.2) is 4.79 Å². The normalized spacial score (nSPS) is 11.4. The molecule has 6 heteroatoms. The summed E-state index contributed by atoms with van der Waals surface area (Å²) in [5.41, 5.74) is 6.04. The van der Waals surface area contributed by atoms with Gasteiger partial charge in [-0.05, 0) is 67.8 Å². The second-order valence-electron chi connectivity index (χ2n) is 8.81. The first-order chi connectivity index (χ1) is 17.9. The topological polar surface area (TPSA) is 76.7 Å². The molecule has 0 radical (unpaired) electrons. The molecule has 0 aliphatic carbocycles. The van der Waals surface area contributed by atoms with Gasteiger partial charge in [0.1, 0.15) is 5.75 Å². The zero-order valence-corrected chi connectivity index (χ0v) is 21.4. The summed E-state index contributed by atoms with van der Waals surface area (Å²) in [5.74, 6) is -0.586. The highest BCUT2D eigenvalue weighted by atomic mass is 16.5. The fraction of sp³-hybridized carbons (Fsp3) is 0.161. The Labute approximate surface area is 217 Å². The molecule has 188 valence electrons. The van der Waals surface area contributed by atoms with Crippen LogP contribution in [-0.4, -0.2) is 19.0 Å². The van der Waals surface area contributed by atoms with E-state index in [2.05, 4.69) is 10.6 Å². The first kappa shape index (κ1) is 25.5. The van der Waals surface area contributed by atoms with Gasteiger partial charge >= 0.3 is 5.97 Å². The number of nitrogens with one attached hydrogen (secondary N) is 2. The number of ether oxygens (including phenoxy) is 2. The van der Waals surface area contributed by atoms with Crippen LogP contribution in [0.5, 0.6) is 5.75 Å². The Bertz CT molecular complexity index is 1420. The minimum Gasteiger partial charge on any atom is -0.495 e. The van der Waals surface area contributed by atoms with Crippen molar-refractivity contribution in [1.29, 1.82) is 0 Å². The third-order valence-electron chi connectivity index (χ3n) is 6.20. The van der Waals surface area contributed by atoms with Crippen molar-refractivity contribution in [2.45, 2.75) is 26.9 Å². The van der Waals surface area contributed by atoms with Crippen LogP contribution in [0, 0.1) is 20.8 Å². The van der Waals surface area contributed by atoms with Crippen molar-refractivity contribution < 1.29 is 19.1 Å². The number of amides is 1. The lowest BCUT2D eigenvalue weighted by molar-refractivity contribution is -0.125. The van der Waals surface area contributed by atoms with Crippen LogP contribution >= 0.6 is 0 Å². The Morgan fingerprint density at radius 1 is 0.757 bits per heavy atom. The summed E-state index contributed by atoms with van der Waals surface area (Å²) in [7, 11) is 1.54. The van der Waals surface area contributed by atoms with E-state index >= 15 is 0 Å². The van der Waals surface area contributed by atoms with Crippen LogP contribution in [0.25, 0.3) is 0 Å². The van der Waals surface area contributed by atoms with Gasteiger partial charge in [-0.1, -0.05) is 60.7 Å². The smallest absolute Gasteiger partial charge is 0.341 e. The summed E-state index contributed by atoms with van der Waals surface area (Å²) in [6, 6.07) is 27.5. The molecule has 0 saturated carbocycles. The standard InChI is InChI=1S/C31H30N2O4/c1-20-17-18-28(36-4)27(19-20)33-30(34)29(23-12-6-5-7-13-23)37-31(35)24-14-8-9-15-26(24)32-25-16-10-11-21(2)22(25)3/h5-19,29,32H,1-4H3,(H,33,34)/t29-/m1/s1. The maximum atomic E-state index is 13.5. The van der Waals surface area contributed by atoms with Gasteiger partial charge in [0.2, 0.25) is 6.10 Å². The maximum absolute atomic E-state index is 13.5.